The lowest BCUT2D eigenvalue weighted by atomic mass is 9.99. The minimum Gasteiger partial charge on any atom is -0.343 e. The van der Waals surface area contributed by atoms with E-state index in [0.29, 0.717) is 6.42 Å². The molecule has 0 saturated carbocycles. The van der Waals surface area contributed by atoms with Crippen molar-refractivity contribution in [1.82, 2.24) is 10.2 Å². The normalized spacial score (nSPS) is 20.7. The van der Waals surface area contributed by atoms with Crippen molar-refractivity contribution in [3.05, 3.63) is 35.9 Å². The maximum absolute atomic E-state index is 12.5. The number of amides is 2. The molecule has 0 radical (unpaired) electrons. The van der Waals surface area contributed by atoms with E-state index >= 15 is 0 Å². The lowest BCUT2D eigenvalue weighted by molar-refractivity contribution is -0.147. The number of hydrogen-bond donors (Lipinski definition) is 1. The highest BCUT2D eigenvalue weighted by Gasteiger charge is 2.35. The second-order valence-corrected chi connectivity index (χ2v) is 5.21. The third-order valence-electron chi connectivity index (χ3n) is 3.75. The summed E-state index contributed by atoms with van der Waals surface area (Å²) in [6.07, 6.45) is 2.39. The van der Waals surface area contributed by atoms with Gasteiger partial charge in [0.05, 0.1) is 6.04 Å². The van der Waals surface area contributed by atoms with Crippen molar-refractivity contribution in [3.63, 3.8) is 0 Å². The molecule has 2 amide bonds. The molecule has 2 rings (SSSR count). The first-order valence-corrected chi connectivity index (χ1v) is 7.32. The molecule has 1 aliphatic rings. The molecule has 0 spiro atoms. The Morgan fingerprint density at radius 1 is 1.25 bits per heavy atom. The maximum atomic E-state index is 12.5. The SMILES string of the molecule is CCCC1NC(=O)CN(C(CC)c2ccccc2)C1=O. The fourth-order valence-corrected chi connectivity index (χ4v) is 2.79. The smallest absolute Gasteiger partial charge is 0.246 e. The van der Waals surface area contributed by atoms with Gasteiger partial charge in [-0.1, -0.05) is 50.6 Å². The third kappa shape index (κ3) is 3.00. The van der Waals surface area contributed by atoms with Crippen LogP contribution in [0.5, 0.6) is 0 Å². The molecule has 1 saturated heterocycles. The molecular weight excluding hydrogens is 252 g/mol. The molecule has 0 aromatic heterocycles. The van der Waals surface area contributed by atoms with Gasteiger partial charge in [0.15, 0.2) is 0 Å². The van der Waals surface area contributed by atoms with Crippen molar-refractivity contribution < 1.29 is 9.59 Å². The summed E-state index contributed by atoms with van der Waals surface area (Å²) in [6, 6.07) is 9.55. The topological polar surface area (TPSA) is 49.4 Å². The van der Waals surface area contributed by atoms with Crippen molar-refractivity contribution in [1.29, 1.82) is 0 Å². The van der Waals surface area contributed by atoms with E-state index in [-0.39, 0.29) is 30.4 Å². The molecule has 4 heteroatoms. The molecule has 1 N–H and O–H groups in total. The molecule has 0 aliphatic carbocycles. The monoisotopic (exact) mass is 274 g/mol. The highest BCUT2D eigenvalue weighted by Crippen LogP contribution is 2.26. The summed E-state index contributed by atoms with van der Waals surface area (Å²) in [4.78, 5) is 26.1. The van der Waals surface area contributed by atoms with Gasteiger partial charge in [0.1, 0.15) is 12.6 Å². The first kappa shape index (κ1) is 14.6. The molecule has 1 fully saturated rings. The zero-order valence-electron chi connectivity index (χ0n) is 12.1. The summed E-state index contributed by atoms with van der Waals surface area (Å²) in [6.45, 7) is 4.23. The second-order valence-electron chi connectivity index (χ2n) is 5.21. The van der Waals surface area contributed by atoms with Crippen LogP contribution in [-0.4, -0.2) is 29.3 Å². The highest BCUT2D eigenvalue weighted by atomic mass is 16.2. The zero-order chi connectivity index (χ0) is 14.5. The van der Waals surface area contributed by atoms with Crippen molar-refractivity contribution in [2.24, 2.45) is 0 Å². The van der Waals surface area contributed by atoms with Crippen LogP contribution in [-0.2, 0) is 9.59 Å². The van der Waals surface area contributed by atoms with E-state index in [1.807, 2.05) is 44.2 Å². The standard InChI is InChI=1S/C16H22N2O2/c1-3-8-13-16(20)18(11-15(19)17-13)14(4-2)12-9-6-5-7-10-12/h5-7,9-10,13-14H,3-4,8,11H2,1-2H3,(H,17,19). The van der Waals surface area contributed by atoms with Crippen LogP contribution in [0.15, 0.2) is 30.3 Å². The average molecular weight is 274 g/mol. The van der Waals surface area contributed by atoms with E-state index < -0.39 is 0 Å². The Morgan fingerprint density at radius 3 is 2.55 bits per heavy atom. The molecule has 108 valence electrons. The molecule has 2 unspecified atom stereocenters. The Balaban J connectivity index is 2.24. The van der Waals surface area contributed by atoms with Crippen LogP contribution in [0.25, 0.3) is 0 Å². The summed E-state index contributed by atoms with van der Waals surface area (Å²) >= 11 is 0. The lowest BCUT2D eigenvalue weighted by Crippen LogP contribution is -2.58. The van der Waals surface area contributed by atoms with E-state index in [1.54, 1.807) is 4.90 Å². The van der Waals surface area contributed by atoms with Gasteiger partial charge in [-0.05, 0) is 18.4 Å². The van der Waals surface area contributed by atoms with Gasteiger partial charge in [-0.25, -0.2) is 0 Å². The largest absolute Gasteiger partial charge is 0.343 e. The van der Waals surface area contributed by atoms with Crippen molar-refractivity contribution in [2.75, 3.05) is 6.54 Å². The summed E-state index contributed by atoms with van der Waals surface area (Å²) in [7, 11) is 0. The molecule has 1 aromatic carbocycles. The molecule has 0 bridgehead atoms. The number of nitrogens with zero attached hydrogens (tertiary/aromatic N) is 1. The predicted molar refractivity (Wildman–Crippen MR) is 78.0 cm³/mol. The second kappa shape index (κ2) is 6.55. The van der Waals surface area contributed by atoms with E-state index in [4.69, 9.17) is 0 Å². The van der Waals surface area contributed by atoms with Crippen LogP contribution in [0.3, 0.4) is 0 Å². The van der Waals surface area contributed by atoms with Crippen LogP contribution >= 0.6 is 0 Å². The minimum atomic E-state index is -0.362. The first-order valence-electron chi connectivity index (χ1n) is 7.32. The van der Waals surface area contributed by atoms with Gasteiger partial charge < -0.3 is 10.2 Å². The third-order valence-corrected chi connectivity index (χ3v) is 3.75. The van der Waals surface area contributed by atoms with Gasteiger partial charge in [0.25, 0.3) is 0 Å². The van der Waals surface area contributed by atoms with Crippen molar-refractivity contribution >= 4 is 11.8 Å². The number of carbonyl (C=O) groups excluding carboxylic acids is 2. The van der Waals surface area contributed by atoms with Gasteiger partial charge >= 0.3 is 0 Å². The van der Waals surface area contributed by atoms with E-state index in [2.05, 4.69) is 5.32 Å². The Bertz CT molecular complexity index is 473. The van der Waals surface area contributed by atoms with Gasteiger partial charge in [-0.15, -0.1) is 0 Å². The van der Waals surface area contributed by atoms with Crippen molar-refractivity contribution in [2.45, 2.75) is 45.2 Å². The van der Waals surface area contributed by atoms with Crippen LogP contribution in [0.4, 0.5) is 0 Å². The van der Waals surface area contributed by atoms with E-state index in [1.165, 1.54) is 0 Å². The molecule has 2 atom stereocenters. The number of carbonyl (C=O) groups is 2. The summed E-state index contributed by atoms with van der Waals surface area (Å²) in [5.74, 6) is -0.0143. The van der Waals surface area contributed by atoms with E-state index in [0.717, 1.165) is 18.4 Å². The molecule has 1 heterocycles. The lowest BCUT2D eigenvalue weighted by Gasteiger charge is -2.38. The van der Waals surface area contributed by atoms with Crippen LogP contribution in [0, 0.1) is 0 Å². The van der Waals surface area contributed by atoms with Gasteiger partial charge in [0.2, 0.25) is 11.8 Å². The fraction of sp³-hybridized carbons (Fsp3) is 0.500. The van der Waals surface area contributed by atoms with Crippen LogP contribution < -0.4 is 5.32 Å². The molecule has 4 nitrogen and oxygen atoms in total. The summed E-state index contributed by atoms with van der Waals surface area (Å²) < 4.78 is 0. The number of nitrogens with one attached hydrogen (secondary N) is 1. The quantitative estimate of drug-likeness (QED) is 0.895. The average Bonchev–Trinajstić information content (AvgIpc) is 2.46. The predicted octanol–water partition coefficient (Wildman–Crippen LogP) is 2.26. The Kier molecular flexibility index (Phi) is 4.77. The summed E-state index contributed by atoms with van der Waals surface area (Å²) in [5, 5.41) is 2.80. The molecule has 1 aromatic rings. The molecule has 1 aliphatic heterocycles. The Morgan fingerprint density at radius 2 is 1.95 bits per heavy atom. The van der Waals surface area contributed by atoms with Crippen LogP contribution in [0.1, 0.15) is 44.7 Å². The number of piperazine rings is 1. The van der Waals surface area contributed by atoms with Gasteiger partial charge in [-0.2, -0.15) is 0 Å². The molecular formula is C16H22N2O2. The Labute approximate surface area is 120 Å². The number of hydrogen-bond acceptors (Lipinski definition) is 2. The number of rotatable bonds is 5. The first-order chi connectivity index (χ1) is 9.67. The number of benzene rings is 1. The van der Waals surface area contributed by atoms with Gasteiger partial charge in [0, 0.05) is 0 Å². The fourth-order valence-electron chi connectivity index (χ4n) is 2.79. The van der Waals surface area contributed by atoms with Crippen molar-refractivity contribution in [3.8, 4) is 0 Å². The Hall–Kier alpha value is -1.84. The maximum Gasteiger partial charge on any atom is 0.246 e. The van der Waals surface area contributed by atoms with Crippen LogP contribution in [0.2, 0.25) is 0 Å². The van der Waals surface area contributed by atoms with Gasteiger partial charge in [-0.3, -0.25) is 9.59 Å². The molecule has 20 heavy (non-hydrogen) atoms. The summed E-state index contributed by atoms with van der Waals surface area (Å²) in [5.41, 5.74) is 1.09. The highest BCUT2D eigenvalue weighted by molar-refractivity contribution is 5.95. The zero-order valence-corrected chi connectivity index (χ0v) is 12.1. The van der Waals surface area contributed by atoms with E-state index in [9.17, 15) is 9.59 Å². The minimum absolute atomic E-state index is 0.0193.